The second-order valence-corrected chi connectivity index (χ2v) is 4.29. The maximum Gasteiger partial charge on any atom is 0.291 e. The Balaban J connectivity index is 2.70. The lowest BCUT2D eigenvalue weighted by atomic mass is 10.1. The Labute approximate surface area is 109 Å². The third-order valence-corrected chi connectivity index (χ3v) is 3.06. The predicted octanol–water partition coefficient (Wildman–Crippen LogP) is 2.37. The fourth-order valence-corrected chi connectivity index (χ4v) is 2.09. The van der Waals surface area contributed by atoms with Gasteiger partial charge in [-0.25, -0.2) is 4.39 Å². The van der Waals surface area contributed by atoms with E-state index < -0.39 is 5.82 Å². The van der Waals surface area contributed by atoms with Crippen LogP contribution < -0.4 is 10.4 Å². The quantitative estimate of drug-likeness (QED) is 0.798. The van der Waals surface area contributed by atoms with Gasteiger partial charge in [-0.15, -0.1) is 16.3 Å². The van der Waals surface area contributed by atoms with Crippen molar-refractivity contribution in [1.82, 2.24) is 4.73 Å². The Morgan fingerprint density at radius 3 is 2.83 bits per heavy atom. The summed E-state index contributed by atoms with van der Waals surface area (Å²) in [5.41, 5.74) is 0.278. The summed E-state index contributed by atoms with van der Waals surface area (Å²) in [5, 5.41) is 0.631. The van der Waals surface area contributed by atoms with E-state index in [0.717, 1.165) is 0 Å². The Morgan fingerprint density at radius 1 is 1.39 bits per heavy atom. The van der Waals surface area contributed by atoms with E-state index in [1.807, 2.05) is 0 Å². The predicted molar refractivity (Wildman–Crippen MR) is 69.7 cm³/mol. The van der Waals surface area contributed by atoms with Crippen LogP contribution in [0.5, 0.6) is 0 Å². The maximum atomic E-state index is 13.7. The second-order valence-electron chi connectivity index (χ2n) is 3.91. The lowest BCUT2D eigenvalue weighted by Crippen LogP contribution is -2.28. The van der Waals surface area contributed by atoms with Gasteiger partial charge >= 0.3 is 0 Å². The summed E-state index contributed by atoms with van der Waals surface area (Å²) in [6.07, 6.45) is 1.27. The Hall–Kier alpha value is -1.55. The van der Waals surface area contributed by atoms with Gasteiger partial charge in [0.2, 0.25) is 0 Å². The van der Waals surface area contributed by atoms with Crippen LogP contribution in [-0.2, 0) is 6.42 Å². The zero-order valence-corrected chi connectivity index (χ0v) is 10.7. The van der Waals surface area contributed by atoms with E-state index in [4.69, 9.17) is 16.4 Å². The number of pyridine rings is 1. The van der Waals surface area contributed by atoms with Gasteiger partial charge in [-0.3, -0.25) is 4.79 Å². The number of hydrogen-bond donors (Lipinski definition) is 0. The van der Waals surface area contributed by atoms with Crippen LogP contribution in [0.25, 0.3) is 10.8 Å². The molecule has 0 spiro atoms. The number of aromatic nitrogens is 1. The van der Waals surface area contributed by atoms with Crippen LogP contribution in [0, 0.1) is 5.82 Å². The molecule has 0 saturated heterocycles. The summed E-state index contributed by atoms with van der Waals surface area (Å²) < 4.78 is 14.9. The molecular formula is C13H13ClFNO2. The van der Waals surface area contributed by atoms with E-state index in [-0.39, 0.29) is 5.56 Å². The molecule has 0 N–H and O–H groups in total. The monoisotopic (exact) mass is 269 g/mol. The van der Waals surface area contributed by atoms with Crippen LogP contribution >= 0.6 is 11.6 Å². The van der Waals surface area contributed by atoms with Crippen molar-refractivity contribution in [1.29, 1.82) is 0 Å². The molecule has 2 rings (SSSR count). The smallest absolute Gasteiger partial charge is 0.291 e. The number of halogens is 2. The molecule has 0 fully saturated rings. The van der Waals surface area contributed by atoms with E-state index >= 15 is 0 Å². The fraction of sp³-hybridized carbons (Fsp3) is 0.308. The first-order valence-corrected chi connectivity index (χ1v) is 6.16. The third kappa shape index (κ3) is 2.20. The molecule has 0 unspecified atom stereocenters. The van der Waals surface area contributed by atoms with Crippen molar-refractivity contribution >= 4 is 22.4 Å². The van der Waals surface area contributed by atoms with Gasteiger partial charge in [0.15, 0.2) is 0 Å². The minimum Gasteiger partial charge on any atom is -0.414 e. The van der Waals surface area contributed by atoms with Gasteiger partial charge < -0.3 is 4.84 Å². The van der Waals surface area contributed by atoms with Gasteiger partial charge in [0.1, 0.15) is 12.9 Å². The van der Waals surface area contributed by atoms with Crippen molar-refractivity contribution in [3.63, 3.8) is 0 Å². The Morgan fingerprint density at radius 2 is 2.17 bits per heavy atom. The van der Waals surface area contributed by atoms with Gasteiger partial charge in [0, 0.05) is 11.3 Å². The first-order chi connectivity index (χ1) is 8.69. The molecule has 2 aromatic rings. The van der Waals surface area contributed by atoms with Gasteiger partial charge in [-0.1, -0.05) is 6.07 Å². The van der Waals surface area contributed by atoms with Crippen molar-refractivity contribution in [2.24, 2.45) is 0 Å². The van der Waals surface area contributed by atoms with Crippen molar-refractivity contribution < 1.29 is 9.23 Å². The molecule has 1 heterocycles. The van der Waals surface area contributed by atoms with Crippen molar-refractivity contribution in [3.05, 3.63) is 46.1 Å². The Bertz CT molecular complexity index is 624. The van der Waals surface area contributed by atoms with Crippen molar-refractivity contribution in [2.45, 2.75) is 12.8 Å². The number of aryl methyl sites for hydroxylation is 1. The van der Waals surface area contributed by atoms with Gasteiger partial charge in [0.05, 0.1) is 11.1 Å². The Kier molecular flexibility index (Phi) is 3.87. The van der Waals surface area contributed by atoms with Crippen LogP contribution in [0.3, 0.4) is 0 Å². The van der Waals surface area contributed by atoms with Crippen molar-refractivity contribution in [2.75, 3.05) is 13.0 Å². The third-order valence-electron chi connectivity index (χ3n) is 2.79. The van der Waals surface area contributed by atoms with Crippen LogP contribution in [0.15, 0.2) is 29.1 Å². The lowest BCUT2D eigenvalue weighted by Gasteiger charge is -2.12. The molecule has 5 heteroatoms. The molecule has 1 aromatic carbocycles. The van der Waals surface area contributed by atoms with E-state index in [9.17, 15) is 9.18 Å². The fourth-order valence-electron chi connectivity index (χ4n) is 1.96. The SMILES string of the molecule is COn1c(CCCCl)cc2c(F)cccc2c1=O. The first-order valence-electron chi connectivity index (χ1n) is 5.62. The van der Waals surface area contributed by atoms with Crippen LogP contribution in [0.2, 0.25) is 0 Å². The molecular weight excluding hydrogens is 257 g/mol. The first kappa shape index (κ1) is 12.9. The van der Waals surface area contributed by atoms with Gasteiger partial charge in [-0.05, 0) is 31.0 Å². The van der Waals surface area contributed by atoms with Crippen molar-refractivity contribution in [3.8, 4) is 0 Å². The lowest BCUT2D eigenvalue weighted by molar-refractivity contribution is 0.150. The molecule has 0 aliphatic heterocycles. The number of hydrogen-bond acceptors (Lipinski definition) is 2. The molecule has 0 saturated carbocycles. The summed E-state index contributed by atoms with van der Waals surface area (Å²) in [6, 6.07) is 6.07. The molecule has 1 aromatic heterocycles. The number of fused-ring (bicyclic) bond motifs is 1. The normalized spacial score (nSPS) is 10.8. The maximum absolute atomic E-state index is 13.7. The van der Waals surface area contributed by atoms with Crippen LogP contribution in [0.1, 0.15) is 12.1 Å². The summed E-state index contributed by atoms with van der Waals surface area (Å²) in [7, 11) is 1.41. The minimum absolute atomic E-state index is 0.312. The zero-order valence-electron chi connectivity index (χ0n) is 9.95. The van der Waals surface area contributed by atoms with E-state index in [1.165, 1.54) is 24.0 Å². The summed E-state index contributed by atoms with van der Waals surface area (Å²) in [5.74, 6) is 0.0766. The van der Waals surface area contributed by atoms with Gasteiger partial charge in [0.25, 0.3) is 5.56 Å². The highest BCUT2D eigenvalue weighted by Crippen LogP contribution is 2.16. The number of rotatable bonds is 4. The highest BCUT2D eigenvalue weighted by molar-refractivity contribution is 6.17. The number of benzene rings is 1. The van der Waals surface area contributed by atoms with Crippen LogP contribution in [0.4, 0.5) is 4.39 Å². The average molecular weight is 270 g/mol. The largest absolute Gasteiger partial charge is 0.414 e. The molecule has 0 bridgehead atoms. The van der Waals surface area contributed by atoms with Gasteiger partial charge in [-0.2, -0.15) is 0 Å². The summed E-state index contributed by atoms with van der Waals surface area (Å²) in [6.45, 7) is 0. The van der Waals surface area contributed by atoms with E-state index in [0.29, 0.717) is 35.2 Å². The number of alkyl halides is 1. The summed E-state index contributed by atoms with van der Waals surface area (Å²) >= 11 is 5.63. The van der Waals surface area contributed by atoms with E-state index in [2.05, 4.69) is 0 Å². The number of nitrogens with zero attached hydrogens (tertiary/aromatic N) is 1. The highest BCUT2D eigenvalue weighted by Gasteiger charge is 2.11. The molecule has 0 aliphatic rings. The molecule has 0 amide bonds. The molecule has 3 nitrogen and oxygen atoms in total. The molecule has 0 aliphatic carbocycles. The van der Waals surface area contributed by atoms with Crippen LogP contribution in [-0.4, -0.2) is 17.7 Å². The average Bonchev–Trinajstić information content (AvgIpc) is 2.37. The molecule has 0 radical (unpaired) electrons. The minimum atomic E-state index is -0.403. The zero-order chi connectivity index (χ0) is 13.1. The molecule has 18 heavy (non-hydrogen) atoms. The molecule has 96 valence electrons. The highest BCUT2D eigenvalue weighted by atomic mass is 35.5. The second kappa shape index (κ2) is 5.40. The summed E-state index contributed by atoms with van der Waals surface area (Å²) in [4.78, 5) is 17.2. The standard InChI is InChI=1S/C13H13ClFNO2/c1-18-16-9(4-3-7-14)8-11-10(13(16)17)5-2-6-12(11)15/h2,5-6,8H,3-4,7H2,1H3. The molecule has 0 atom stereocenters. The topological polar surface area (TPSA) is 31.2 Å². The van der Waals surface area contributed by atoms with E-state index in [1.54, 1.807) is 12.1 Å².